The van der Waals surface area contributed by atoms with Crippen LogP contribution in [-0.4, -0.2) is 60.8 Å². The molecule has 3 aliphatic rings. The van der Waals surface area contributed by atoms with Gasteiger partial charge < -0.3 is 24.0 Å². The highest BCUT2D eigenvalue weighted by molar-refractivity contribution is 6.31. The normalized spacial score (nSPS) is 18.9. The summed E-state index contributed by atoms with van der Waals surface area (Å²) in [6.45, 7) is 5.80. The maximum Gasteiger partial charge on any atom is 0.409 e. The molecule has 5 rings (SSSR count). The topological polar surface area (TPSA) is 69.1 Å². The van der Waals surface area contributed by atoms with Crippen LogP contribution in [0, 0.1) is 6.92 Å². The molecule has 2 aromatic rings. The SMILES string of the molecule is COC(=O)N1CCc2c(c(N3CCOc4cc(C)c(Cl)cc43)nn2C2CCOCC2)C1. The molecule has 1 saturated heterocycles. The van der Waals surface area contributed by atoms with Crippen LogP contribution in [0.4, 0.5) is 16.3 Å². The summed E-state index contributed by atoms with van der Waals surface area (Å²) in [4.78, 5) is 16.2. The summed E-state index contributed by atoms with van der Waals surface area (Å²) in [6.07, 6.45) is 2.33. The van der Waals surface area contributed by atoms with E-state index in [-0.39, 0.29) is 6.09 Å². The van der Waals surface area contributed by atoms with Crippen molar-refractivity contribution >= 4 is 29.2 Å². The van der Waals surface area contributed by atoms with Crippen LogP contribution >= 0.6 is 11.6 Å². The van der Waals surface area contributed by atoms with Gasteiger partial charge >= 0.3 is 6.09 Å². The summed E-state index contributed by atoms with van der Waals surface area (Å²) in [5.41, 5.74) is 4.17. The van der Waals surface area contributed by atoms with E-state index in [9.17, 15) is 4.79 Å². The summed E-state index contributed by atoms with van der Waals surface area (Å²) in [6, 6.07) is 4.24. The number of fused-ring (bicyclic) bond motifs is 2. The Morgan fingerprint density at radius 2 is 2.03 bits per heavy atom. The Labute approximate surface area is 186 Å². The standard InChI is InChI=1S/C22H27ClN4O4/c1-14-11-20-19(12-17(14)23)26(7-10-31-20)21-16-13-25(22(28)29-2)6-3-18(16)27(24-21)15-4-8-30-9-5-15/h11-12,15H,3-10,13H2,1-2H3. The molecule has 4 heterocycles. The first kappa shape index (κ1) is 20.5. The second-order valence-electron chi connectivity index (χ2n) is 8.25. The molecular formula is C22H27ClN4O4. The molecule has 9 heteroatoms. The van der Waals surface area contributed by atoms with Crippen molar-refractivity contribution < 1.29 is 19.0 Å². The number of halogens is 1. The molecule has 0 atom stereocenters. The lowest BCUT2D eigenvalue weighted by Gasteiger charge is -2.32. The molecular weight excluding hydrogens is 420 g/mol. The lowest BCUT2D eigenvalue weighted by molar-refractivity contribution is 0.0649. The Morgan fingerprint density at radius 1 is 1.23 bits per heavy atom. The van der Waals surface area contributed by atoms with Gasteiger partial charge in [0.25, 0.3) is 0 Å². The van der Waals surface area contributed by atoms with Gasteiger partial charge in [0, 0.05) is 42.5 Å². The molecule has 0 unspecified atom stereocenters. The lowest BCUT2D eigenvalue weighted by Crippen LogP contribution is -2.37. The van der Waals surface area contributed by atoms with Crippen molar-refractivity contribution in [2.75, 3.05) is 44.9 Å². The molecule has 0 radical (unpaired) electrons. The van der Waals surface area contributed by atoms with Gasteiger partial charge in [-0.05, 0) is 37.5 Å². The van der Waals surface area contributed by atoms with E-state index in [1.165, 1.54) is 12.8 Å². The van der Waals surface area contributed by atoms with E-state index in [1.807, 2.05) is 19.1 Å². The number of amides is 1. The number of nitrogens with zero attached hydrogens (tertiary/aromatic N) is 4. The maximum atomic E-state index is 12.3. The number of anilines is 2. The van der Waals surface area contributed by atoms with Crippen LogP contribution in [0.2, 0.25) is 5.02 Å². The van der Waals surface area contributed by atoms with Crippen molar-refractivity contribution in [1.82, 2.24) is 14.7 Å². The molecule has 1 aromatic carbocycles. The largest absolute Gasteiger partial charge is 0.490 e. The first-order valence-electron chi connectivity index (χ1n) is 10.8. The van der Waals surface area contributed by atoms with Crippen LogP contribution < -0.4 is 9.64 Å². The fourth-order valence-corrected chi connectivity index (χ4v) is 4.88. The maximum absolute atomic E-state index is 12.3. The smallest absolute Gasteiger partial charge is 0.409 e. The van der Waals surface area contributed by atoms with Gasteiger partial charge in [-0.1, -0.05) is 11.6 Å². The van der Waals surface area contributed by atoms with E-state index in [0.29, 0.717) is 37.3 Å². The molecule has 1 fully saturated rings. The van der Waals surface area contributed by atoms with Gasteiger partial charge in [0.15, 0.2) is 5.82 Å². The average Bonchev–Trinajstić information content (AvgIpc) is 3.18. The molecule has 0 bridgehead atoms. The average molecular weight is 447 g/mol. The number of aryl methyl sites for hydroxylation is 1. The number of hydrogen-bond acceptors (Lipinski definition) is 6. The summed E-state index contributed by atoms with van der Waals surface area (Å²) >= 11 is 6.46. The van der Waals surface area contributed by atoms with E-state index in [0.717, 1.165) is 60.9 Å². The highest BCUT2D eigenvalue weighted by Gasteiger charge is 2.34. The fraction of sp³-hybridized carbons (Fsp3) is 0.545. The van der Waals surface area contributed by atoms with Gasteiger partial charge in [-0.15, -0.1) is 0 Å². The van der Waals surface area contributed by atoms with Gasteiger partial charge in [0.05, 0.1) is 31.9 Å². The third-order valence-electron chi connectivity index (χ3n) is 6.39. The zero-order chi connectivity index (χ0) is 21.5. The lowest BCUT2D eigenvalue weighted by atomic mass is 10.0. The monoisotopic (exact) mass is 446 g/mol. The molecule has 3 aliphatic heterocycles. The fourth-order valence-electron chi connectivity index (χ4n) is 4.72. The molecule has 8 nitrogen and oxygen atoms in total. The molecule has 0 saturated carbocycles. The predicted molar refractivity (Wildman–Crippen MR) is 117 cm³/mol. The van der Waals surface area contributed by atoms with E-state index in [4.69, 9.17) is 30.9 Å². The number of carbonyl (C=O) groups is 1. The molecule has 166 valence electrons. The minimum atomic E-state index is -0.309. The van der Waals surface area contributed by atoms with Crippen LogP contribution in [0.25, 0.3) is 0 Å². The minimum Gasteiger partial charge on any atom is -0.490 e. The Bertz CT molecular complexity index is 1000. The van der Waals surface area contributed by atoms with Crippen molar-refractivity contribution in [2.45, 2.75) is 38.8 Å². The second-order valence-corrected chi connectivity index (χ2v) is 8.65. The van der Waals surface area contributed by atoms with E-state index in [1.54, 1.807) is 4.90 Å². The van der Waals surface area contributed by atoms with Crippen molar-refractivity contribution in [3.63, 3.8) is 0 Å². The van der Waals surface area contributed by atoms with E-state index >= 15 is 0 Å². The van der Waals surface area contributed by atoms with Crippen molar-refractivity contribution in [3.05, 3.63) is 34.0 Å². The summed E-state index contributed by atoms with van der Waals surface area (Å²) < 4.78 is 18.7. The van der Waals surface area contributed by atoms with Crippen molar-refractivity contribution in [2.24, 2.45) is 0 Å². The van der Waals surface area contributed by atoms with E-state index < -0.39 is 0 Å². The highest BCUT2D eigenvalue weighted by Crippen LogP contribution is 2.43. The van der Waals surface area contributed by atoms with Gasteiger partial charge in [0.1, 0.15) is 12.4 Å². The number of hydrogen-bond donors (Lipinski definition) is 0. The predicted octanol–water partition coefficient (Wildman–Crippen LogP) is 3.85. The van der Waals surface area contributed by atoms with Gasteiger partial charge in [-0.25, -0.2) is 4.79 Å². The third kappa shape index (κ3) is 3.61. The number of rotatable bonds is 2. The van der Waals surface area contributed by atoms with Crippen LogP contribution in [0.3, 0.4) is 0 Å². The van der Waals surface area contributed by atoms with Crippen LogP contribution in [-0.2, 0) is 22.4 Å². The molecule has 0 aliphatic carbocycles. The number of aromatic nitrogens is 2. The third-order valence-corrected chi connectivity index (χ3v) is 6.80. The van der Waals surface area contributed by atoms with Gasteiger partial charge in [0.2, 0.25) is 0 Å². The van der Waals surface area contributed by atoms with Crippen molar-refractivity contribution in [1.29, 1.82) is 0 Å². The van der Waals surface area contributed by atoms with Gasteiger partial charge in [-0.2, -0.15) is 5.10 Å². The Morgan fingerprint density at radius 3 is 2.81 bits per heavy atom. The minimum absolute atomic E-state index is 0.308. The number of benzene rings is 1. The first-order chi connectivity index (χ1) is 15.1. The Balaban J connectivity index is 1.60. The molecule has 0 N–H and O–H groups in total. The summed E-state index contributed by atoms with van der Waals surface area (Å²) in [5.74, 6) is 1.68. The molecule has 0 spiro atoms. The number of ether oxygens (including phenoxy) is 3. The molecule has 1 amide bonds. The van der Waals surface area contributed by atoms with Crippen LogP contribution in [0.1, 0.15) is 35.7 Å². The quantitative estimate of drug-likeness (QED) is 0.697. The zero-order valence-corrected chi connectivity index (χ0v) is 18.7. The summed E-state index contributed by atoms with van der Waals surface area (Å²) in [7, 11) is 1.42. The Hall–Kier alpha value is -2.45. The number of carbonyl (C=O) groups excluding carboxylic acids is 1. The molecule has 1 aromatic heterocycles. The van der Waals surface area contributed by atoms with Crippen molar-refractivity contribution in [3.8, 4) is 5.75 Å². The first-order valence-corrected chi connectivity index (χ1v) is 11.2. The second kappa shape index (κ2) is 8.24. The van der Waals surface area contributed by atoms with Crippen LogP contribution in [0.15, 0.2) is 12.1 Å². The van der Waals surface area contributed by atoms with E-state index in [2.05, 4.69) is 9.58 Å². The molecule has 31 heavy (non-hydrogen) atoms. The highest BCUT2D eigenvalue weighted by atomic mass is 35.5. The summed E-state index contributed by atoms with van der Waals surface area (Å²) in [5, 5.41) is 5.82. The van der Waals surface area contributed by atoms with Crippen LogP contribution in [0.5, 0.6) is 5.75 Å². The number of methoxy groups -OCH3 is 1. The Kier molecular flexibility index (Phi) is 5.44. The van der Waals surface area contributed by atoms with Gasteiger partial charge in [-0.3, -0.25) is 4.68 Å². The zero-order valence-electron chi connectivity index (χ0n) is 17.9.